The fourth-order valence-electron chi connectivity index (χ4n) is 2.46. The molecule has 0 radical (unpaired) electrons. The molecule has 0 fully saturated rings. The zero-order valence-corrected chi connectivity index (χ0v) is 17.2. The molecule has 2 aliphatic carbocycles. The fourth-order valence-corrected chi connectivity index (χ4v) is 3.13. The van der Waals surface area contributed by atoms with E-state index >= 15 is 0 Å². The monoisotopic (exact) mass is 504 g/mol. The summed E-state index contributed by atoms with van der Waals surface area (Å²) < 4.78 is 86.0. The molecule has 2 aliphatic rings. The molecule has 0 amide bonds. The van der Waals surface area contributed by atoms with Gasteiger partial charge in [0.05, 0.1) is 0 Å². The van der Waals surface area contributed by atoms with Gasteiger partial charge in [0.15, 0.2) is 23.3 Å². The zero-order valence-electron chi connectivity index (χ0n) is 14.2. The van der Waals surface area contributed by atoms with Gasteiger partial charge in [-0.1, -0.05) is 70.7 Å². The highest BCUT2D eigenvalue weighted by atomic mass is 35.5. The summed E-state index contributed by atoms with van der Waals surface area (Å²) in [6.45, 7) is 0. The van der Waals surface area contributed by atoms with Gasteiger partial charge in [-0.05, 0) is 17.6 Å². The summed E-state index contributed by atoms with van der Waals surface area (Å²) in [5.41, 5.74) is 2.94. The first-order valence-electron chi connectivity index (χ1n) is 7.83. The highest BCUT2D eigenvalue weighted by Gasteiger charge is 2.30. The number of halogens is 10. The van der Waals surface area contributed by atoms with Gasteiger partial charge in [-0.3, -0.25) is 0 Å². The molecule has 0 atom stereocenters. The second-order valence-corrected chi connectivity index (χ2v) is 7.41. The Morgan fingerprint density at radius 2 is 0.867 bits per heavy atom. The Morgan fingerprint density at radius 1 is 0.533 bits per heavy atom. The standard InChI is InChI=1S/C12Cl4F6O.C7H6/c13-1-3(15)7(19)11(9(21)5(1)17)23-12-8(20)4(16)2(14)6(18)10(12)22;1-2-7-4-3-6(1)5-7/h;1-4H,5H2. The van der Waals surface area contributed by atoms with Crippen LogP contribution in [0.1, 0.15) is 6.42 Å². The first-order chi connectivity index (χ1) is 14.0. The average Bonchev–Trinajstić information content (AvgIpc) is 3.40. The van der Waals surface area contributed by atoms with E-state index in [1.54, 1.807) is 0 Å². The Bertz CT molecular complexity index is 1010. The molecule has 158 valence electrons. The number of benzene rings is 2. The van der Waals surface area contributed by atoms with Crippen LogP contribution in [0.4, 0.5) is 26.3 Å². The van der Waals surface area contributed by atoms with Crippen molar-refractivity contribution in [1.82, 2.24) is 0 Å². The van der Waals surface area contributed by atoms with E-state index in [0.29, 0.717) is 0 Å². The van der Waals surface area contributed by atoms with Crippen molar-refractivity contribution < 1.29 is 31.1 Å². The summed E-state index contributed by atoms with van der Waals surface area (Å²) in [5.74, 6) is -14.6. The third-order valence-electron chi connectivity index (χ3n) is 3.97. The second kappa shape index (κ2) is 8.75. The molecule has 0 aromatic heterocycles. The van der Waals surface area contributed by atoms with Crippen LogP contribution in [0.5, 0.6) is 11.5 Å². The van der Waals surface area contributed by atoms with E-state index in [4.69, 9.17) is 46.4 Å². The second-order valence-electron chi connectivity index (χ2n) is 5.89. The molecule has 4 rings (SSSR count). The summed E-state index contributed by atoms with van der Waals surface area (Å²) in [6.07, 6.45) is 9.90. The number of hydrogen-bond donors (Lipinski definition) is 0. The molecule has 0 unspecified atom stereocenters. The lowest BCUT2D eigenvalue weighted by atomic mass is 10.2. The largest absolute Gasteiger partial charge is 0.445 e. The van der Waals surface area contributed by atoms with Crippen molar-refractivity contribution in [2.75, 3.05) is 0 Å². The highest BCUT2D eigenvalue weighted by molar-refractivity contribution is 6.42. The lowest BCUT2D eigenvalue weighted by Crippen LogP contribution is -2.03. The van der Waals surface area contributed by atoms with Gasteiger partial charge >= 0.3 is 0 Å². The van der Waals surface area contributed by atoms with Crippen LogP contribution in [0.25, 0.3) is 0 Å². The van der Waals surface area contributed by atoms with Crippen LogP contribution in [0.2, 0.25) is 20.1 Å². The van der Waals surface area contributed by atoms with Gasteiger partial charge in [0, 0.05) is 0 Å². The quantitative estimate of drug-likeness (QED) is 0.225. The number of ether oxygens (including phenoxy) is 1. The molecule has 11 heteroatoms. The van der Waals surface area contributed by atoms with Crippen LogP contribution in [0.15, 0.2) is 35.5 Å². The van der Waals surface area contributed by atoms with Gasteiger partial charge in [0.25, 0.3) is 0 Å². The van der Waals surface area contributed by atoms with Crippen LogP contribution >= 0.6 is 46.4 Å². The summed E-state index contributed by atoms with van der Waals surface area (Å²) >= 11 is 21.0. The molecule has 0 saturated carbocycles. The summed E-state index contributed by atoms with van der Waals surface area (Å²) in [4.78, 5) is 0. The maximum Gasteiger partial charge on any atom is 0.206 e. The van der Waals surface area contributed by atoms with Crippen LogP contribution in [-0.2, 0) is 0 Å². The number of rotatable bonds is 2. The Labute approximate surface area is 185 Å². The lowest BCUT2D eigenvalue weighted by molar-refractivity contribution is 0.345. The molecule has 0 aliphatic heterocycles. The fraction of sp³-hybridized carbons (Fsp3) is 0.0526. The number of allylic oxidation sites excluding steroid dienone is 6. The third kappa shape index (κ3) is 4.04. The molecule has 2 aromatic carbocycles. The van der Waals surface area contributed by atoms with Crippen LogP contribution < -0.4 is 4.74 Å². The first-order valence-corrected chi connectivity index (χ1v) is 9.34. The first kappa shape index (κ1) is 22.9. The summed E-state index contributed by atoms with van der Waals surface area (Å²) in [5, 5.41) is -4.45. The van der Waals surface area contributed by atoms with Crippen LogP contribution in [0, 0.1) is 34.9 Å². The van der Waals surface area contributed by atoms with Gasteiger partial charge in [-0.15, -0.1) is 0 Å². The topological polar surface area (TPSA) is 9.23 Å². The normalized spacial score (nSPS) is 13.8. The van der Waals surface area contributed by atoms with Crippen molar-refractivity contribution >= 4 is 46.4 Å². The Morgan fingerprint density at radius 3 is 1.13 bits per heavy atom. The van der Waals surface area contributed by atoms with Crippen LogP contribution in [0.3, 0.4) is 0 Å². The number of fused-ring (bicyclic) bond motifs is 2. The summed E-state index contributed by atoms with van der Waals surface area (Å²) in [7, 11) is 0. The van der Waals surface area contributed by atoms with E-state index in [-0.39, 0.29) is 0 Å². The minimum Gasteiger partial charge on any atom is -0.445 e. The molecule has 2 aromatic rings. The van der Waals surface area contributed by atoms with E-state index in [1.165, 1.54) is 17.6 Å². The molecular weight excluding hydrogens is 500 g/mol. The SMILES string of the molecule is C1=CC2=CC=C1C2.Fc1c(F)c(Oc2c(F)c(F)c(Cl)c(Cl)c2F)c(F)c(Cl)c1Cl. The molecule has 2 bridgehead atoms. The van der Waals surface area contributed by atoms with Crippen LogP contribution in [-0.4, -0.2) is 0 Å². The lowest BCUT2D eigenvalue weighted by Gasteiger charge is -2.13. The van der Waals surface area contributed by atoms with E-state index in [1.807, 2.05) is 0 Å². The predicted molar refractivity (Wildman–Crippen MR) is 103 cm³/mol. The van der Waals surface area contributed by atoms with E-state index in [9.17, 15) is 26.3 Å². The Kier molecular flexibility index (Phi) is 6.67. The van der Waals surface area contributed by atoms with Gasteiger partial charge in [-0.2, -0.15) is 8.78 Å². The Balaban J connectivity index is 0.000000302. The van der Waals surface area contributed by atoms with Gasteiger partial charge in [-0.25, -0.2) is 17.6 Å². The maximum atomic E-state index is 13.8. The molecule has 0 heterocycles. The maximum absolute atomic E-state index is 13.8. The van der Waals surface area contributed by atoms with Crippen molar-refractivity contribution in [3.8, 4) is 11.5 Å². The third-order valence-corrected chi connectivity index (χ3v) is 5.59. The van der Waals surface area contributed by atoms with Crippen molar-refractivity contribution in [3.63, 3.8) is 0 Å². The molecular formula is C19H6Cl4F6O. The van der Waals surface area contributed by atoms with Crippen molar-refractivity contribution in [2.24, 2.45) is 0 Å². The summed E-state index contributed by atoms with van der Waals surface area (Å²) in [6, 6.07) is 0. The molecule has 30 heavy (non-hydrogen) atoms. The van der Waals surface area contributed by atoms with Crippen molar-refractivity contribution in [1.29, 1.82) is 0 Å². The van der Waals surface area contributed by atoms with E-state index in [2.05, 4.69) is 29.0 Å². The van der Waals surface area contributed by atoms with E-state index in [0.717, 1.165) is 0 Å². The van der Waals surface area contributed by atoms with Gasteiger partial charge in [0.2, 0.25) is 23.1 Å². The van der Waals surface area contributed by atoms with E-state index < -0.39 is 66.5 Å². The molecule has 0 saturated heterocycles. The minimum atomic E-state index is -2.04. The predicted octanol–water partition coefficient (Wildman–Crippen LogP) is 8.74. The number of hydrogen-bond acceptors (Lipinski definition) is 1. The molecule has 1 nitrogen and oxygen atoms in total. The van der Waals surface area contributed by atoms with Gasteiger partial charge < -0.3 is 4.74 Å². The zero-order chi connectivity index (χ0) is 22.3. The van der Waals surface area contributed by atoms with Gasteiger partial charge in [0.1, 0.15) is 20.1 Å². The minimum absolute atomic E-state index is 1.11. The van der Waals surface area contributed by atoms with Crippen molar-refractivity contribution in [3.05, 3.63) is 90.4 Å². The molecule has 0 N–H and O–H groups in total. The Hall–Kier alpha value is -1.80. The van der Waals surface area contributed by atoms with Crippen molar-refractivity contribution in [2.45, 2.75) is 6.42 Å². The smallest absolute Gasteiger partial charge is 0.206 e. The average molecular weight is 506 g/mol. The highest BCUT2D eigenvalue weighted by Crippen LogP contribution is 2.43. The molecule has 0 spiro atoms.